The molecule has 5 rings (SSSR count). The van der Waals surface area contributed by atoms with E-state index in [-0.39, 0.29) is 11.9 Å². The zero-order valence-electron chi connectivity index (χ0n) is 23.7. The standard InChI is InChI=1S/C29H41ClN6O3S/c1-20-27(32-19-33-28(20)31-18-21-16-23(17-21)22-4-6-24(30)7-5-22)29(37)36-14-10-26(11-15-36)35-12-8-25(9-13-35)34(2)40(3,38)39/h4-7,19,21,23,25-26H,8-18H2,1-3H3,(H,31,32,33)/t21-,23-. The Morgan fingerprint density at radius 2 is 1.70 bits per heavy atom. The molecule has 0 bridgehead atoms. The number of benzene rings is 1. The number of likely N-dealkylation sites (tertiary alicyclic amines) is 2. The zero-order chi connectivity index (χ0) is 28.4. The van der Waals surface area contributed by atoms with Crippen molar-refractivity contribution in [3.63, 3.8) is 0 Å². The third kappa shape index (κ3) is 6.61. The summed E-state index contributed by atoms with van der Waals surface area (Å²) in [6.45, 7) is 5.95. The van der Waals surface area contributed by atoms with Crippen molar-refractivity contribution in [2.24, 2.45) is 5.92 Å². The second-order valence-corrected chi connectivity index (χ2v) is 14.2. The Hall–Kier alpha value is -2.27. The van der Waals surface area contributed by atoms with E-state index < -0.39 is 10.0 Å². The monoisotopic (exact) mass is 588 g/mol. The molecule has 0 spiro atoms. The minimum absolute atomic E-state index is 0.0265. The fraction of sp³-hybridized carbons (Fsp3) is 0.621. The van der Waals surface area contributed by atoms with Crippen LogP contribution in [0.2, 0.25) is 5.02 Å². The smallest absolute Gasteiger partial charge is 0.272 e. The summed E-state index contributed by atoms with van der Waals surface area (Å²) in [6.07, 6.45) is 8.56. The average Bonchev–Trinajstić information content (AvgIpc) is 2.93. The molecule has 2 aliphatic heterocycles. The molecule has 1 amide bonds. The number of piperidine rings is 2. The van der Waals surface area contributed by atoms with E-state index in [2.05, 4.69) is 32.3 Å². The van der Waals surface area contributed by atoms with Crippen LogP contribution in [-0.4, -0.2) is 96.5 Å². The Morgan fingerprint density at radius 1 is 1.05 bits per heavy atom. The summed E-state index contributed by atoms with van der Waals surface area (Å²) in [7, 11) is -1.48. The highest BCUT2D eigenvalue weighted by Gasteiger charge is 2.34. The first-order chi connectivity index (χ1) is 19.1. The number of anilines is 1. The van der Waals surface area contributed by atoms with E-state index in [1.165, 1.54) is 22.5 Å². The molecule has 1 aromatic carbocycles. The van der Waals surface area contributed by atoms with Crippen LogP contribution in [0.4, 0.5) is 5.82 Å². The highest BCUT2D eigenvalue weighted by Crippen LogP contribution is 2.41. The molecule has 11 heteroatoms. The topological polar surface area (TPSA) is 98.7 Å². The highest BCUT2D eigenvalue weighted by molar-refractivity contribution is 7.88. The molecule has 9 nitrogen and oxygen atoms in total. The molecular formula is C29H41ClN6O3S. The summed E-state index contributed by atoms with van der Waals surface area (Å²) in [5, 5.41) is 4.24. The molecule has 3 fully saturated rings. The molecule has 1 aliphatic carbocycles. The van der Waals surface area contributed by atoms with Gasteiger partial charge in [-0.3, -0.25) is 4.79 Å². The number of sulfonamides is 1. The van der Waals surface area contributed by atoms with Gasteiger partial charge in [0, 0.05) is 49.4 Å². The number of carbonyl (C=O) groups excluding carboxylic acids is 1. The average molecular weight is 589 g/mol. The van der Waals surface area contributed by atoms with Crippen LogP contribution < -0.4 is 5.32 Å². The summed E-state index contributed by atoms with van der Waals surface area (Å²) in [4.78, 5) is 26.6. The Labute approximate surface area is 243 Å². The molecule has 1 saturated carbocycles. The predicted octanol–water partition coefficient (Wildman–Crippen LogP) is 4.00. The van der Waals surface area contributed by atoms with Gasteiger partial charge in [-0.1, -0.05) is 23.7 Å². The lowest BCUT2D eigenvalue weighted by molar-refractivity contribution is 0.0542. The van der Waals surface area contributed by atoms with Gasteiger partial charge in [0.05, 0.1) is 6.26 Å². The molecule has 0 atom stereocenters. The van der Waals surface area contributed by atoms with Gasteiger partial charge in [-0.15, -0.1) is 0 Å². The molecule has 218 valence electrons. The molecule has 40 heavy (non-hydrogen) atoms. The molecule has 0 unspecified atom stereocenters. The van der Waals surface area contributed by atoms with Gasteiger partial charge in [0.15, 0.2) is 0 Å². The van der Waals surface area contributed by atoms with Crippen molar-refractivity contribution in [3.8, 4) is 0 Å². The van der Waals surface area contributed by atoms with Crippen molar-refractivity contribution in [1.29, 1.82) is 0 Å². The van der Waals surface area contributed by atoms with Crippen LogP contribution in [0.25, 0.3) is 0 Å². The third-order valence-electron chi connectivity index (χ3n) is 9.23. The van der Waals surface area contributed by atoms with Crippen molar-refractivity contribution in [1.82, 2.24) is 24.1 Å². The van der Waals surface area contributed by atoms with Gasteiger partial charge in [-0.05, 0) is 88.1 Å². The summed E-state index contributed by atoms with van der Waals surface area (Å²) in [6, 6.07) is 8.66. The number of hydrogen-bond acceptors (Lipinski definition) is 7. The lowest BCUT2D eigenvalue weighted by Crippen LogP contribution is -2.52. The van der Waals surface area contributed by atoms with E-state index >= 15 is 0 Å². The van der Waals surface area contributed by atoms with Crippen molar-refractivity contribution in [3.05, 3.63) is 52.4 Å². The first-order valence-corrected chi connectivity index (χ1v) is 16.6. The van der Waals surface area contributed by atoms with Crippen LogP contribution in [-0.2, 0) is 10.0 Å². The van der Waals surface area contributed by atoms with Crippen molar-refractivity contribution < 1.29 is 13.2 Å². The fourth-order valence-electron chi connectivity index (χ4n) is 6.46. The molecular weight excluding hydrogens is 548 g/mol. The Kier molecular flexibility index (Phi) is 8.99. The van der Waals surface area contributed by atoms with Gasteiger partial charge in [-0.2, -0.15) is 0 Å². The SMILES string of the molecule is Cc1c(NC[C@H]2C[C@H](c3ccc(Cl)cc3)C2)ncnc1C(=O)N1CCC(N2CCC(N(C)S(C)(=O)=O)CC2)CC1. The van der Waals surface area contributed by atoms with E-state index in [0.29, 0.717) is 36.7 Å². The summed E-state index contributed by atoms with van der Waals surface area (Å²) >= 11 is 6.02. The Bertz CT molecular complexity index is 1290. The zero-order valence-corrected chi connectivity index (χ0v) is 25.3. The van der Waals surface area contributed by atoms with Crippen molar-refractivity contribution in [2.45, 2.75) is 63.5 Å². The van der Waals surface area contributed by atoms with Gasteiger partial charge in [0.25, 0.3) is 5.91 Å². The van der Waals surface area contributed by atoms with Crippen LogP contribution in [0, 0.1) is 12.8 Å². The number of nitrogens with one attached hydrogen (secondary N) is 1. The maximum Gasteiger partial charge on any atom is 0.272 e. The molecule has 1 aromatic heterocycles. The first-order valence-electron chi connectivity index (χ1n) is 14.4. The molecule has 0 radical (unpaired) electrons. The predicted molar refractivity (Wildman–Crippen MR) is 158 cm³/mol. The Morgan fingerprint density at radius 3 is 2.33 bits per heavy atom. The number of rotatable bonds is 8. The third-order valence-corrected chi connectivity index (χ3v) is 10.8. The quantitative estimate of drug-likeness (QED) is 0.497. The van der Waals surface area contributed by atoms with Gasteiger partial charge in [0.1, 0.15) is 17.8 Å². The number of halogens is 1. The Balaban J connectivity index is 1.09. The number of aromatic nitrogens is 2. The van der Waals surface area contributed by atoms with Gasteiger partial charge >= 0.3 is 0 Å². The minimum atomic E-state index is -3.16. The van der Waals surface area contributed by atoms with E-state index in [1.54, 1.807) is 7.05 Å². The number of amides is 1. The van der Waals surface area contributed by atoms with Crippen molar-refractivity contribution in [2.75, 3.05) is 51.3 Å². The molecule has 3 aliphatic rings. The number of carbonyl (C=O) groups is 1. The van der Waals surface area contributed by atoms with E-state index in [4.69, 9.17) is 11.6 Å². The number of hydrogen-bond donors (Lipinski definition) is 1. The van der Waals surface area contributed by atoms with Crippen LogP contribution in [0.3, 0.4) is 0 Å². The van der Waals surface area contributed by atoms with Crippen molar-refractivity contribution >= 4 is 33.3 Å². The summed E-state index contributed by atoms with van der Waals surface area (Å²) < 4.78 is 25.3. The van der Waals surface area contributed by atoms with Gasteiger partial charge in [-0.25, -0.2) is 22.7 Å². The van der Waals surface area contributed by atoms with Gasteiger partial charge < -0.3 is 15.1 Å². The fourth-order valence-corrected chi connectivity index (χ4v) is 7.34. The summed E-state index contributed by atoms with van der Waals surface area (Å²) in [5.74, 6) is 1.87. The van der Waals surface area contributed by atoms with Crippen LogP contribution in [0.5, 0.6) is 0 Å². The van der Waals surface area contributed by atoms with E-state index in [0.717, 1.165) is 74.6 Å². The number of nitrogens with zero attached hydrogens (tertiary/aromatic N) is 5. The molecule has 2 aromatic rings. The minimum Gasteiger partial charge on any atom is -0.369 e. The molecule has 2 saturated heterocycles. The maximum absolute atomic E-state index is 13.4. The highest BCUT2D eigenvalue weighted by atomic mass is 35.5. The van der Waals surface area contributed by atoms with E-state index in [1.807, 2.05) is 24.0 Å². The second-order valence-electron chi connectivity index (χ2n) is 11.7. The molecule has 1 N–H and O–H groups in total. The lowest BCUT2D eigenvalue weighted by Gasteiger charge is -2.43. The van der Waals surface area contributed by atoms with Gasteiger partial charge in [0.2, 0.25) is 10.0 Å². The largest absolute Gasteiger partial charge is 0.369 e. The van der Waals surface area contributed by atoms with Crippen LogP contribution in [0.1, 0.15) is 66.1 Å². The van der Waals surface area contributed by atoms with Crippen LogP contribution in [0.15, 0.2) is 30.6 Å². The summed E-state index contributed by atoms with van der Waals surface area (Å²) in [5.41, 5.74) is 2.63. The first kappa shape index (κ1) is 29.2. The lowest BCUT2D eigenvalue weighted by atomic mass is 9.71. The van der Waals surface area contributed by atoms with E-state index in [9.17, 15) is 13.2 Å². The maximum atomic E-state index is 13.4. The molecule has 3 heterocycles. The second kappa shape index (κ2) is 12.3. The normalized spacial score (nSPS) is 23.3. The van der Waals surface area contributed by atoms with Crippen LogP contribution >= 0.6 is 11.6 Å².